The molecule has 2 nitrogen and oxygen atoms in total. The second kappa shape index (κ2) is 3.42. The molecule has 0 aliphatic rings. The Balaban J connectivity index is 2.60. The van der Waals surface area contributed by atoms with Gasteiger partial charge in [0.15, 0.2) is 4.77 Å². The van der Waals surface area contributed by atoms with Crippen LogP contribution < -0.4 is 0 Å². The lowest BCUT2D eigenvalue weighted by atomic mass is 10.2. The van der Waals surface area contributed by atoms with E-state index in [0.717, 1.165) is 16.2 Å². The molecule has 1 aromatic heterocycles. The lowest BCUT2D eigenvalue weighted by molar-refractivity contribution is 1.03. The Kier molecular flexibility index (Phi) is 2.25. The van der Waals surface area contributed by atoms with E-state index < -0.39 is 0 Å². The Bertz CT molecular complexity index is 508. The lowest BCUT2D eigenvalue weighted by Crippen LogP contribution is -1.91. The van der Waals surface area contributed by atoms with E-state index in [1.54, 1.807) is 0 Å². The van der Waals surface area contributed by atoms with Gasteiger partial charge < -0.3 is 4.98 Å². The molecule has 72 valence electrons. The standard InChI is InChI=1S/C11H12N2S/c1-8-4-3-5-10(6-8)13-7-9(2)12-11(13)14/h3-7H,1-2H3,(H,12,14). The van der Waals surface area contributed by atoms with Crippen molar-refractivity contribution >= 4 is 12.2 Å². The average molecular weight is 204 g/mol. The molecule has 0 fully saturated rings. The highest BCUT2D eigenvalue weighted by Crippen LogP contribution is 2.11. The number of aromatic nitrogens is 2. The zero-order valence-electron chi connectivity index (χ0n) is 8.24. The molecule has 14 heavy (non-hydrogen) atoms. The molecule has 1 aromatic carbocycles. The van der Waals surface area contributed by atoms with Crippen LogP contribution in [-0.4, -0.2) is 9.55 Å². The van der Waals surface area contributed by atoms with Gasteiger partial charge in [-0.1, -0.05) is 12.1 Å². The van der Waals surface area contributed by atoms with Crippen LogP contribution in [-0.2, 0) is 0 Å². The van der Waals surface area contributed by atoms with Gasteiger partial charge >= 0.3 is 0 Å². The topological polar surface area (TPSA) is 20.7 Å². The number of nitrogens with one attached hydrogen (secondary N) is 1. The highest BCUT2D eigenvalue weighted by molar-refractivity contribution is 7.71. The summed E-state index contributed by atoms with van der Waals surface area (Å²) in [6.07, 6.45) is 2.01. The Labute approximate surface area is 88.2 Å². The molecule has 1 heterocycles. The first-order valence-corrected chi connectivity index (χ1v) is 4.93. The van der Waals surface area contributed by atoms with Crippen molar-refractivity contribution in [2.75, 3.05) is 0 Å². The molecule has 2 rings (SSSR count). The molecule has 2 aromatic rings. The van der Waals surface area contributed by atoms with Crippen LogP contribution >= 0.6 is 12.2 Å². The van der Waals surface area contributed by atoms with Gasteiger partial charge in [0.2, 0.25) is 0 Å². The number of aromatic amines is 1. The Morgan fingerprint density at radius 1 is 1.29 bits per heavy atom. The Hall–Kier alpha value is -1.35. The first-order chi connectivity index (χ1) is 6.66. The first kappa shape index (κ1) is 9.21. The summed E-state index contributed by atoms with van der Waals surface area (Å²) in [5, 5.41) is 0. The number of nitrogens with zero attached hydrogens (tertiary/aromatic N) is 1. The number of hydrogen-bond acceptors (Lipinski definition) is 1. The zero-order chi connectivity index (χ0) is 10.1. The summed E-state index contributed by atoms with van der Waals surface area (Å²) in [7, 11) is 0. The SMILES string of the molecule is Cc1cccc(-n2cc(C)[nH]c2=S)c1. The highest BCUT2D eigenvalue weighted by atomic mass is 32.1. The lowest BCUT2D eigenvalue weighted by Gasteiger charge is -2.02. The predicted octanol–water partition coefficient (Wildman–Crippen LogP) is 3.15. The smallest absolute Gasteiger partial charge is 0.181 e. The minimum absolute atomic E-state index is 0.744. The fourth-order valence-electron chi connectivity index (χ4n) is 1.48. The predicted molar refractivity (Wildman–Crippen MR) is 60.4 cm³/mol. The molecule has 0 spiro atoms. The molecule has 0 atom stereocenters. The summed E-state index contributed by atoms with van der Waals surface area (Å²) in [5.41, 5.74) is 3.43. The van der Waals surface area contributed by atoms with E-state index in [4.69, 9.17) is 12.2 Å². The van der Waals surface area contributed by atoms with Gasteiger partial charge in [0.05, 0.1) is 0 Å². The third kappa shape index (κ3) is 1.63. The summed E-state index contributed by atoms with van der Waals surface area (Å²) in [6.45, 7) is 4.08. The van der Waals surface area contributed by atoms with E-state index in [-0.39, 0.29) is 0 Å². The second-order valence-corrected chi connectivity index (χ2v) is 3.84. The molecule has 1 N–H and O–H groups in total. The van der Waals surface area contributed by atoms with Crippen LogP contribution in [0.25, 0.3) is 5.69 Å². The van der Waals surface area contributed by atoms with Crippen molar-refractivity contribution in [2.45, 2.75) is 13.8 Å². The van der Waals surface area contributed by atoms with E-state index >= 15 is 0 Å². The van der Waals surface area contributed by atoms with Gasteiger partial charge in [0, 0.05) is 17.6 Å². The molecule has 0 amide bonds. The minimum Gasteiger partial charge on any atom is -0.335 e. The van der Waals surface area contributed by atoms with Crippen LogP contribution in [0.15, 0.2) is 30.5 Å². The summed E-state index contributed by atoms with van der Waals surface area (Å²) in [6, 6.07) is 8.28. The maximum absolute atomic E-state index is 5.21. The quantitative estimate of drug-likeness (QED) is 0.708. The van der Waals surface area contributed by atoms with E-state index in [0.29, 0.717) is 0 Å². The fourth-order valence-corrected chi connectivity index (χ4v) is 1.80. The monoisotopic (exact) mass is 204 g/mol. The maximum atomic E-state index is 5.21. The molecule has 3 heteroatoms. The third-order valence-corrected chi connectivity index (χ3v) is 2.42. The van der Waals surface area contributed by atoms with Gasteiger partial charge in [-0.2, -0.15) is 0 Å². The second-order valence-electron chi connectivity index (χ2n) is 3.45. The minimum atomic E-state index is 0.744. The van der Waals surface area contributed by atoms with Crippen molar-refractivity contribution < 1.29 is 0 Å². The van der Waals surface area contributed by atoms with Crippen LogP contribution in [0.3, 0.4) is 0 Å². The molecule has 0 radical (unpaired) electrons. The van der Waals surface area contributed by atoms with Gasteiger partial charge in [-0.3, -0.25) is 4.57 Å². The molecule has 0 unspecified atom stereocenters. The van der Waals surface area contributed by atoms with Gasteiger partial charge in [-0.25, -0.2) is 0 Å². The van der Waals surface area contributed by atoms with Crippen LogP contribution in [0, 0.1) is 18.6 Å². The van der Waals surface area contributed by atoms with Crippen molar-refractivity contribution in [3.8, 4) is 5.69 Å². The summed E-state index contributed by atoms with van der Waals surface area (Å²) in [5.74, 6) is 0. The van der Waals surface area contributed by atoms with Crippen molar-refractivity contribution in [2.24, 2.45) is 0 Å². The summed E-state index contributed by atoms with van der Waals surface area (Å²) >= 11 is 5.21. The van der Waals surface area contributed by atoms with Crippen molar-refractivity contribution in [1.82, 2.24) is 9.55 Å². The van der Waals surface area contributed by atoms with Crippen molar-refractivity contribution in [1.29, 1.82) is 0 Å². The number of aryl methyl sites for hydroxylation is 2. The normalized spacial score (nSPS) is 10.4. The third-order valence-electron chi connectivity index (χ3n) is 2.13. The number of rotatable bonds is 1. The molecule has 0 aliphatic carbocycles. The number of H-pyrrole nitrogens is 1. The maximum Gasteiger partial charge on any atom is 0.181 e. The van der Waals surface area contributed by atoms with Crippen LogP contribution in [0.4, 0.5) is 0 Å². The van der Waals surface area contributed by atoms with Gasteiger partial charge in [0.25, 0.3) is 0 Å². The van der Waals surface area contributed by atoms with E-state index in [1.807, 2.05) is 23.8 Å². The van der Waals surface area contributed by atoms with Crippen molar-refractivity contribution in [3.63, 3.8) is 0 Å². The van der Waals surface area contributed by atoms with Crippen LogP contribution in [0.2, 0.25) is 0 Å². The van der Waals surface area contributed by atoms with Gasteiger partial charge in [-0.15, -0.1) is 0 Å². The Morgan fingerprint density at radius 2 is 2.07 bits per heavy atom. The molecular weight excluding hydrogens is 192 g/mol. The van der Waals surface area contributed by atoms with Gasteiger partial charge in [-0.05, 0) is 43.8 Å². The van der Waals surface area contributed by atoms with Crippen LogP contribution in [0.1, 0.15) is 11.3 Å². The van der Waals surface area contributed by atoms with Gasteiger partial charge in [0.1, 0.15) is 0 Å². The number of imidazole rings is 1. The first-order valence-electron chi connectivity index (χ1n) is 4.52. The summed E-state index contributed by atoms with van der Waals surface area (Å²) < 4.78 is 2.73. The molecule has 0 saturated carbocycles. The molecule has 0 aliphatic heterocycles. The molecular formula is C11H12N2S. The van der Waals surface area contributed by atoms with Crippen LogP contribution in [0.5, 0.6) is 0 Å². The fraction of sp³-hybridized carbons (Fsp3) is 0.182. The zero-order valence-corrected chi connectivity index (χ0v) is 9.06. The molecule has 0 saturated heterocycles. The number of benzene rings is 1. The Morgan fingerprint density at radius 3 is 2.64 bits per heavy atom. The summed E-state index contributed by atoms with van der Waals surface area (Å²) in [4.78, 5) is 3.10. The average Bonchev–Trinajstić information content (AvgIpc) is 2.45. The van der Waals surface area contributed by atoms with E-state index in [2.05, 4.69) is 30.1 Å². The van der Waals surface area contributed by atoms with E-state index in [1.165, 1.54) is 5.56 Å². The molecule has 0 bridgehead atoms. The number of hydrogen-bond donors (Lipinski definition) is 1. The van der Waals surface area contributed by atoms with E-state index in [9.17, 15) is 0 Å². The van der Waals surface area contributed by atoms with Crippen molar-refractivity contribution in [3.05, 3.63) is 46.5 Å². The largest absolute Gasteiger partial charge is 0.335 e. The highest BCUT2D eigenvalue weighted by Gasteiger charge is 1.99.